The Hall–Kier alpha value is -1.66. The van der Waals surface area contributed by atoms with Crippen LogP contribution in [0.2, 0.25) is 0 Å². The Balaban J connectivity index is 2.69. The summed E-state index contributed by atoms with van der Waals surface area (Å²) in [6.07, 6.45) is 0.836. The smallest absolute Gasteiger partial charge is 0.141 e. The van der Waals surface area contributed by atoms with E-state index >= 15 is 0 Å². The Kier molecular flexibility index (Phi) is 4.52. The largest absolute Gasteiger partial charge is 0.495 e. The molecule has 1 aromatic carbocycles. The van der Waals surface area contributed by atoms with E-state index in [-0.39, 0.29) is 0 Å². The molecule has 0 amide bonds. The molecule has 1 aromatic rings. The molecular weight excluding hydrogens is 188 g/mol. The molecule has 0 fully saturated rings. The topological polar surface area (TPSA) is 47.3 Å². The second kappa shape index (κ2) is 5.94. The first-order valence-electron chi connectivity index (χ1n) is 4.85. The van der Waals surface area contributed by atoms with Crippen LogP contribution in [-0.2, 0) is 0 Å². The molecule has 0 spiro atoms. The molecular formula is C12H16N2O. The number of hydrogen-bond donors (Lipinski definition) is 2. The molecule has 0 saturated carbocycles. The van der Waals surface area contributed by atoms with Crippen LogP contribution in [0.5, 0.6) is 5.75 Å². The van der Waals surface area contributed by atoms with Gasteiger partial charge in [0.1, 0.15) is 5.75 Å². The van der Waals surface area contributed by atoms with E-state index in [2.05, 4.69) is 17.2 Å². The number of rotatable bonds is 3. The molecule has 0 unspecified atom stereocenters. The first-order valence-corrected chi connectivity index (χ1v) is 4.85. The van der Waals surface area contributed by atoms with Crippen molar-refractivity contribution in [2.24, 2.45) is 0 Å². The van der Waals surface area contributed by atoms with Gasteiger partial charge < -0.3 is 15.8 Å². The van der Waals surface area contributed by atoms with Crippen LogP contribution in [0.3, 0.4) is 0 Å². The Morgan fingerprint density at radius 1 is 1.47 bits per heavy atom. The molecule has 0 aliphatic carbocycles. The summed E-state index contributed by atoms with van der Waals surface area (Å²) in [4.78, 5) is 0. The first kappa shape index (κ1) is 11.4. The highest BCUT2D eigenvalue weighted by Gasteiger charge is 1.97. The average molecular weight is 204 g/mol. The Morgan fingerprint density at radius 3 is 2.87 bits per heavy atom. The molecule has 15 heavy (non-hydrogen) atoms. The van der Waals surface area contributed by atoms with Crippen molar-refractivity contribution in [1.82, 2.24) is 5.32 Å². The van der Waals surface area contributed by atoms with E-state index in [4.69, 9.17) is 10.5 Å². The van der Waals surface area contributed by atoms with Crippen LogP contribution in [0.25, 0.3) is 0 Å². The molecule has 0 heterocycles. The van der Waals surface area contributed by atoms with Crippen molar-refractivity contribution >= 4 is 5.69 Å². The van der Waals surface area contributed by atoms with Crippen molar-refractivity contribution in [3.63, 3.8) is 0 Å². The molecule has 0 radical (unpaired) electrons. The predicted molar refractivity (Wildman–Crippen MR) is 62.8 cm³/mol. The highest BCUT2D eigenvalue weighted by atomic mass is 16.5. The predicted octanol–water partition coefficient (Wildman–Crippen LogP) is 1.24. The van der Waals surface area contributed by atoms with Gasteiger partial charge >= 0.3 is 0 Å². The quantitative estimate of drug-likeness (QED) is 0.442. The number of benzene rings is 1. The normalized spacial score (nSPS) is 9.20. The van der Waals surface area contributed by atoms with Gasteiger partial charge in [0.15, 0.2) is 0 Å². The minimum Gasteiger partial charge on any atom is -0.495 e. The molecule has 3 N–H and O–H groups in total. The second-order valence-electron chi connectivity index (χ2n) is 3.11. The minimum atomic E-state index is 0.623. The highest BCUT2D eigenvalue weighted by molar-refractivity contribution is 5.57. The van der Waals surface area contributed by atoms with Gasteiger partial charge in [-0.3, -0.25) is 0 Å². The highest BCUT2D eigenvalue weighted by Crippen LogP contribution is 2.21. The standard InChI is InChI=1S/C12H16N2O/c1-14-8-4-3-5-10-6-7-12(15-2)11(13)9-10/h6-7,9,14H,4,8,13H2,1-2H3. The number of hydrogen-bond acceptors (Lipinski definition) is 3. The number of nitrogen functional groups attached to an aromatic ring is 1. The number of ether oxygens (including phenoxy) is 1. The van der Waals surface area contributed by atoms with Crippen LogP contribution < -0.4 is 15.8 Å². The third-order valence-electron chi connectivity index (χ3n) is 1.96. The zero-order valence-electron chi connectivity index (χ0n) is 9.13. The van der Waals surface area contributed by atoms with Crippen LogP contribution in [-0.4, -0.2) is 20.7 Å². The molecule has 1 rings (SSSR count). The van der Waals surface area contributed by atoms with Crippen molar-refractivity contribution in [1.29, 1.82) is 0 Å². The second-order valence-corrected chi connectivity index (χ2v) is 3.11. The van der Waals surface area contributed by atoms with Gasteiger partial charge in [-0.25, -0.2) is 0 Å². The summed E-state index contributed by atoms with van der Waals surface area (Å²) in [7, 11) is 3.51. The summed E-state index contributed by atoms with van der Waals surface area (Å²) in [6.45, 7) is 0.901. The lowest BCUT2D eigenvalue weighted by Crippen LogP contribution is -2.05. The van der Waals surface area contributed by atoms with Gasteiger partial charge in [-0.1, -0.05) is 11.8 Å². The number of nitrogens with one attached hydrogen (secondary N) is 1. The van der Waals surface area contributed by atoms with Gasteiger partial charge in [0.2, 0.25) is 0 Å². The van der Waals surface area contributed by atoms with Gasteiger partial charge in [0.25, 0.3) is 0 Å². The minimum absolute atomic E-state index is 0.623. The summed E-state index contributed by atoms with van der Waals surface area (Å²) >= 11 is 0. The van der Waals surface area contributed by atoms with Gasteiger partial charge in [-0.2, -0.15) is 0 Å². The van der Waals surface area contributed by atoms with Gasteiger partial charge in [0.05, 0.1) is 12.8 Å². The Bertz CT molecular complexity index is 377. The van der Waals surface area contributed by atoms with E-state index in [0.29, 0.717) is 11.4 Å². The summed E-state index contributed by atoms with van der Waals surface area (Å²) in [5.74, 6) is 6.79. The van der Waals surface area contributed by atoms with Gasteiger partial charge in [0, 0.05) is 18.5 Å². The number of methoxy groups -OCH3 is 1. The van der Waals surface area contributed by atoms with E-state index in [9.17, 15) is 0 Å². The summed E-state index contributed by atoms with van der Waals surface area (Å²) < 4.78 is 5.06. The zero-order chi connectivity index (χ0) is 11.1. The molecule has 0 aromatic heterocycles. The van der Waals surface area contributed by atoms with Crippen LogP contribution in [0.15, 0.2) is 18.2 Å². The van der Waals surface area contributed by atoms with Gasteiger partial charge in [-0.15, -0.1) is 0 Å². The number of nitrogens with two attached hydrogens (primary N) is 1. The molecule has 3 nitrogen and oxygen atoms in total. The maximum absolute atomic E-state index is 5.76. The van der Waals surface area contributed by atoms with E-state index in [0.717, 1.165) is 18.5 Å². The maximum Gasteiger partial charge on any atom is 0.141 e. The van der Waals surface area contributed by atoms with Gasteiger partial charge in [-0.05, 0) is 25.2 Å². The summed E-state index contributed by atoms with van der Waals surface area (Å²) in [6, 6.07) is 5.56. The summed E-state index contributed by atoms with van der Waals surface area (Å²) in [5, 5.41) is 3.04. The lowest BCUT2D eigenvalue weighted by Gasteiger charge is -2.03. The van der Waals surface area contributed by atoms with Crippen LogP contribution in [0.1, 0.15) is 12.0 Å². The average Bonchev–Trinajstić information content (AvgIpc) is 2.25. The van der Waals surface area contributed by atoms with E-state index < -0.39 is 0 Å². The molecule has 0 saturated heterocycles. The fraction of sp³-hybridized carbons (Fsp3) is 0.333. The molecule has 0 aliphatic heterocycles. The van der Waals surface area contributed by atoms with Crippen molar-refractivity contribution in [2.75, 3.05) is 26.4 Å². The Labute approximate surface area is 90.6 Å². The third kappa shape index (κ3) is 3.53. The monoisotopic (exact) mass is 204 g/mol. The SMILES string of the molecule is CNCCC#Cc1ccc(OC)c(N)c1. The molecule has 0 atom stereocenters. The van der Waals surface area contributed by atoms with Crippen LogP contribution in [0, 0.1) is 11.8 Å². The van der Waals surface area contributed by atoms with Crippen LogP contribution in [0.4, 0.5) is 5.69 Å². The molecule has 80 valence electrons. The van der Waals surface area contributed by atoms with E-state index in [1.54, 1.807) is 7.11 Å². The van der Waals surface area contributed by atoms with Crippen molar-refractivity contribution < 1.29 is 4.74 Å². The van der Waals surface area contributed by atoms with E-state index in [1.165, 1.54) is 0 Å². The first-order chi connectivity index (χ1) is 7.27. The molecule has 3 heteroatoms. The van der Waals surface area contributed by atoms with Crippen molar-refractivity contribution in [2.45, 2.75) is 6.42 Å². The molecule has 0 aliphatic rings. The Morgan fingerprint density at radius 2 is 2.27 bits per heavy atom. The van der Waals surface area contributed by atoms with Crippen LogP contribution >= 0.6 is 0 Å². The zero-order valence-corrected chi connectivity index (χ0v) is 9.13. The fourth-order valence-corrected chi connectivity index (χ4v) is 1.16. The fourth-order valence-electron chi connectivity index (χ4n) is 1.16. The third-order valence-corrected chi connectivity index (χ3v) is 1.96. The van der Waals surface area contributed by atoms with Crippen molar-refractivity contribution in [3.05, 3.63) is 23.8 Å². The van der Waals surface area contributed by atoms with Crippen molar-refractivity contribution in [3.8, 4) is 17.6 Å². The maximum atomic E-state index is 5.76. The summed E-state index contributed by atoms with van der Waals surface area (Å²) in [5.41, 5.74) is 7.30. The number of anilines is 1. The molecule has 0 bridgehead atoms. The lowest BCUT2D eigenvalue weighted by atomic mass is 10.2. The lowest BCUT2D eigenvalue weighted by molar-refractivity contribution is 0.417. The van der Waals surface area contributed by atoms with E-state index in [1.807, 2.05) is 25.2 Å².